The molecule has 0 heterocycles. The molecular formula is C21H26N2O3S. The van der Waals surface area contributed by atoms with Crippen molar-refractivity contribution in [2.24, 2.45) is 5.92 Å². The fraction of sp³-hybridized carbons (Fsp3) is 0.381. The molecule has 1 aliphatic carbocycles. The van der Waals surface area contributed by atoms with Gasteiger partial charge in [-0.15, -0.1) is 0 Å². The van der Waals surface area contributed by atoms with Gasteiger partial charge in [-0.2, -0.15) is 0 Å². The van der Waals surface area contributed by atoms with Gasteiger partial charge in [-0.05, 0) is 62.1 Å². The van der Waals surface area contributed by atoms with Gasteiger partial charge in [0.25, 0.3) is 10.0 Å². The minimum absolute atomic E-state index is 0.0230. The SMILES string of the molecule is Cc1ccc(S(=O)(=O)Nc2ccc(NC(=O)CC3CCCCC3)cc2)cc1. The normalized spacial score (nSPS) is 15.3. The van der Waals surface area contributed by atoms with Crippen molar-refractivity contribution in [2.75, 3.05) is 10.0 Å². The quantitative estimate of drug-likeness (QED) is 0.755. The number of anilines is 2. The molecule has 1 aliphatic rings. The number of amides is 1. The van der Waals surface area contributed by atoms with Crippen molar-refractivity contribution < 1.29 is 13.2 Å². The van der Waals surface area contributed by atoms with Gasteiger partial charge in [-0.25, -0.2) is 8.42 Å². The van der Waals surface area contributed by atoms with Gasteiger partial charge in [-0.1, -0.05) is 37.0 Å². The molecule has 0 radical (unpaired) electrons. The van der Waals surface area contributed by atoms with E-state index in [9.17, 15) is 13.2 Å². The predicted molar refractivity (Wildman–Crippen MR) is 108 cm³/mol. The molecule has 0 spiro atoms. The van der Waals surface area contributed by atoms with Gasteiger partial charge in [0.2, 0.25) is 5.91 Å². The van der Waals surface area contributed by atoms with Crippen molar-refractivity contribution in [3.05, 3.63) is 54.1 Å². The maximum atomic E-state index is 12.4. The van der Waals surface area contributed by atoms with Crippen LogP contribution >= 0.6 is 0 Å². The van der Waals surface area contributed by atoms with Crippen LogP contribution in [0.5, 0.6) is 0 Å². The molecule has 0 bridgehead atoms. The number of carbonyl (C=O) groups is 1. The second kappa shape index (κ2) is 8.57. The lowest BCUT2D eigenvalue weighted by atomic mass is 9.87. The highest BCUT2D eigenvalue weighted by molar-refractivity contribution is 7.92. The van der Waals surface area contributed by atoms with E-state index < -0.39 is 10.0 Å². The van der Waals surface area contributed by atoms with Crippen LogP contribution in [0.1, 0.15) is 44.1 Å². The second-order valence-electron chi connectivity index (χ2n) is 7.25. The number of aryl methyl sites for hydroxylation is 1. The summed E-state index contributed by atoms with van der Waals surface area (Å²) in [6.45, 7) is 1.91. The van der Waals surface area contributed by atoms with Crippen molar-refractivity contribution in [2.45, 2.75) is 50.3 Å². The van der Waals surface area contributed by atoms with Crippen LogP contribution in [-0.2, 0) is 14.8 Å². The smallest absolute Gasteiger partial charge is 0.261 e. The van der Waals surface area contributed by atoms with E-state index in [1.165, 1.54) is 19.3 Å². The Hall–Kier alpha value is -2.34. The van der Waals surface area contributed by atoms with Crippen LogP contribution < -0.4 is 10.0 Å². The Labute approximate surface area is 161 Å². The van der Waals surface area contributed by atoms with E-state index in [0.29, 0.717) is 23.7 Å². The number of rotatable bonds is 6. The van der Waals surface area contributed by atoms with Crippen LogP contribution in [0.25, 0.3) is 0 Å². The van der Waals surface area contributed by atoms with E-state index in [-0.39, 0.29) is 10.8 Å². The fourth-order valence-corrected chi connectivity index (χ4v) is 4.48. The Balaban J connectivity index is 1.58. The molecule has 6 heteroatoms. The molecule has 2 N–H and O–H groups in total. The number of carbonyl (C=O) groups excluding carboxylic acids is 1. The van der Waals surface area contributed by atoms with Crippen LogP contribution in [0.4, 0.5) is 11.4 Å². The summed E-state index contributed by atoms with van der Waals surface area (Å²) in [5.41, 5.74) is 2.14. The number of sulfonamides is 1. The first-order valence-electron chi connectivity index (χ1n) is 9.42. The molecule has 0 aromatic heterocycles. The van der Waals surface area contributed by atoms with Gasteiger partial charge in [0.05, 0.1) is 4.90 Å². The Kier molecular flexibility index (Phi) is 6.16. The Morgan fingerprint density at radius 1 is 0.926 bits per heavy atom. The van der Waals surface area contributed by atoms with Crippen LogP contribution in [0, 0.1) is 12.8 Å². The zero-order chi connectivity index (χ0) is 19.3. The molecule has 27 heavy (non-hydrogen) atoms. The maximum absolute atomic E-state index is 12.4. The van der Waals surface area contributed by atoms with E-state index >= 15 is 0 Å². The summed E-state index contributed by atoms with van der Waals surface area (Å²) in [6.07, 6.45) is 6.53. The Morgan fingerprint density at radius 2 is 1.52 bits per heavy atom. The first-order valence-corrected chi connectivity index (χ1v) is 10.9. The van der Waals surface area contributed by atoms with E-state index in [2.05, 4.69) is 10.0 Å². The zero-order valence-electron chi connectivity index (χ0n) is 15.6. The molecule has 2 aromatic carbocycles. The predicted octanol–water partition coefficient (Wildman–Crippen LogP) is 4.70. The number of hydrogen-bond donors (Lipinski definition) is 2. The van der Waals surface area contributed by atoms with Crippen LogP contribution in [0.3, 0.4) is 0 Å². The molecule has 1 saturated carbocycles. The molecule has 0 saturated heterocycles. The average Bonchev–Trinajstić information content (AvgIpc) is 2.64. The Morgan fingerprint density at radius 3 is 2.15 bits per heavy atom. The maximum Gasteiger partial charge on any atom is 0.261 e. The fourth-order valence-electron chi connectivity index (χ4n) is 3.42. The highest BCUT2D eigenvalue weighted by Gasteiger charge is 2.17. The number of nitrogens with one attached hydrogen (secondary N) is 2. The lowest BCUT2D eigenvalue weighted by Gasteiger charge is -2.20. The van der Waals surface area contributed by atoms with E-state index in [0.717, 1.165) is 18.4 Å². The van der Waals surface area contributed by atoms with Gasteiger partial charge in [0, 0.05) is 17.8 Å². The highest BCUT2D eigenvalue weighted by atomic mass is 32.2. The van der Waals surface area contributed by atoms with Gasteiger partial charge < -0.3 is 5.32 Å². The molecule has 144 valence electrons. The largest absolute Gasteiger partial charge is 0.326 e. The van der Waals surface area contributed by atoms with Crippen LogP contribution in [0.15, 0.2) is 53.4 Å². The van der Waals surface area contributed by atoms with Gasteiger partial charge >= 0.3 is 0 Å². The minimum atomic E-state index is -3.62. The summed E-state index contributed by atoms with van der Waals surface area (Å²) in [5.74, 6) is 0.509. The summed E-state index contributed by atoms with van der Waals surface area (Å²) in [7, 11) is -3.62. The summed E-state index contributed by atoms with van der Waals surface area (Å²) in [5, 5.41) is 2.90. The Bertz CT molecular complexity index is 869. The molecule has 0 aliphatic heterocycles. The lowest BCUT2D eigenvalue weighted by Crippen LogP contribution is -2.18. The molecule has 2 aromatic rings. The molecule has 1 fully saturated rings. The molecule has 5 nitrogen and oxygen atoms in total. The van der Waals surface area contributed by atoms with Gasteiger partial charge in [0.15, 0.2) is 0 Å². The summed E-state index contributed by atoms with van der Waals surface area (Å²) >= 11 is 0. The van der Waals surface area contributed by atoms with Crippen molar-refractivity contribution >= 4 is 27.3 Å². The summed E-state index contributed by atoms with van der Waals surface area (Å²) in [6, 6.07) is 13.4. The second-order valence-corrected chi connectivity index (χ2v) is 8.93. The third-order valence-corrected chi connectivity index (χ3v) is 6.35. The van der Waals surface area contributed by atoms with Crippen molar-refractivity contribution in [1.82, 2.24) is 0 Å². The minimum Gasteiger partial charge on any atom is -0.326 e. The monoisotopic (exact) mass is 386 g/mol. The first kappa shape index (κ1) is 19.4. The zero-order valence-corrected chi connectivity index (χ0v) is 16.4. The molecule has 0 atom stereocenters. The molecule has 3 rings (SSSR count). The highest BCUT2D eigenvalue weighted by Crippen LogP contribution is 2.27. The summed E-state index contributed by atoms with van der Waals surface area (Å²) < 4.78 is 27.4. The van der Waals surface area contributed by atoms with E-state index in [1.807, 2.05) is 6.92 Å². The lowest BCUT2D eigenvalue weighted by molar-refractivity contribution is -0.117. The van der Waals surface area contributed by atoms with Crippen molar-refractivity contribution in [1.29, 1.82) is 0 Å². The van der Waals surface area contributed by atoms with Crippen LogP contribution in [-0.4, -0.2) is 14.3 Å². The molecule has 1 amide bonds. The van der Waals surface area contributed by atoms with E-state index in [1.54, 1.807) is 48.5 Å². The molecule has 0 unspecified atom stereocenters. The summed E-state index contributed by atoms with van der Waals surface area (Å²) in [4.78, 5) is 12.4. The topological polar surface area (TPSA) is 75.3 Å². The van der Waals surface area contributed by atoms with E-state index in [4.69, 9.17) is 0 Å². The first-order chi connectivity index (χ1) is 12.9. The van der Waals surface area contributed by atoms with Gasteiger partial charge in [0.1, 0.15) is 0 Å². The third-order valence-electron chi connectivity index (χ3n) is 4.95. The number of hydrogen-bond acceptors (Lipinski definition) is 3. The average molecular weight is 387 g/mol. The molecular weight excluding hydrogens is 360 g/mol. The van der Waals surface area contributed by atoms with Gasteiger partial charge in [-0.3, -0.25) is 9.52 Å². The third kappa shape index (κ3) is 5.57. The van der Waals surface area contributed by atoms with Crippen molar-refractivity contribution in [3.8, 4) is 0 Å². The standard InChI is InChI=1S/C21H26N2O3S/c1-16-7-13-20(14-8-16)27(25,26)23-19-11-9-18(10-12-19)22-21(24)15-17-5-3-2-4-6-17/h7-14,17,23H,2-6,15H2,1H3,(H,22,24). The number of benzene rings is 2. The van der Waals surface area contributed by atoms with Crippen molar-refractivity contribution in [3.63, 3.8) is 0 Å². The van der Waals surface area contributed by atoms with Crippen LogP contribution in [0.2, 0.25) is 0 Å².